The van der Waals surface area contributed by atoms with E-state index in [1.807, 2.05) is 24.3 Å². The molecule has 0 aliphatic heterocycles. The molecule has 0 aromatic heterocycles. The van der Waals surface area contributed by atoms with Gasteiger partial charge in [0.05, 0.1) is 0 Å². The van der Waals surface area contributed by atoms with Gasteiger partial charge in [-0.1, -0.05) is 119 Å². The second-order valence-electron chi connectivity index (χ2n) is 14.4. The van der Waals surface area contributed by atoms with Gasteiger partial charge in [-0.3, -0.25) is 0 Å². The summed E-state index contributed by atoms with van der Waals surface area (Å²) in [4.78, 5) is 0. The molecule has 4 heteroatoms. The highest BCUT2D eigenvalue weighted by molar-refractivity contribution is 6.61. The maximum absolute atomic E-state index is 6.93. The zero-order valence-corrected chi connectivity index (χ0v) is 30.1. The van der Waals surface area contributed by atoms with Crippen LogP contribution in [0.5, 0.6) is 0 Å². The lowest BCUT2D eigenvalue weighted by Crippen LogP contribution is -1.99. The van der Waals surface area contributed by atoms with Gasteiger partial charge in [-0.05, 0) is 178 Å². The lowest BCUT2D eigenvalue weighted by molar-refractivity contribution is 1.79. The van der Waals surface area contributed by atoms with Gasteiger partial charge >= 0.3 is 0 Å². The minimum atomic E-state index is 0.717. The predicted molar refractivity (Wildman–Crippen MR) is 230 cm³/mol. The molecule has 0 aliphatic carbocycles. The van der Waals surface area contributed by atoms with E-state index < -0.39 is 0 Å². The van der Waals surface area contributed by atoms with E-state index in [1.165, 1.54) is 108 Å². The summed E-state index contributed by atoms with van der Waals surface area (Å²) >= 11 is 27.7. The first-order chi connectivity index (χ1) is 25.5. The van der Waals surface area contributed by atoms with Crippen LogP contribution in [0.3, 0.4) is 0 Å². The van der Waals surface area contributed by atoms with E-state index in [9.17, 15) is 0 Å². The quantitative estimate of drug-likeness (QED) is 0.107. The fraction of sp³-hybridized carbons (Fsp3) is 0. The van der Waals surface area contributed by atoms with Crippen LogP contribution < -0.4 is 0 Å². The average Bonchev–Trinajstić information content (AvgIpc) is 3.16. The molecule has 0 heterocycles. The third-order valence-corrected chi connectivity index (χ3v) is 13.0. The highest BCUT2D eigenvalue weighted by Gasteiger charge is 2.30. The molecule has 0 N–H and O–H groups in total. The largest absolute Gasteiger partial charge is 0.0843 e. The third kappa shape index (κ3) is 3.19. The van der Waals surface area contributed by atoms with Crippen molar-refractivity contribution in [1.29, 1.82) is 0 Å². The number of rotatable bonds is 0. The van der Waals surface area contributed by atoms with E-state index in [0.29, 0.717) is 0 Å². The lowest BCUT2D eigenvalue weighted by Gasteiger charge is -2.28. The van der Waals surface area contributed by atoms with Crippen LogP contribution in [-0.4, -0.2) is 0 Å². The van der Waals surface area contributed by atoms with Crippen molar-refractivity contribution in [2.24, 2.45) is 0 Å². The summed E-state index contributed by atoms with van der Waals surface area (Å²) in [7, 11) is 0. The van der Waals surface area contributed by atoms with Crippen molar-refractivity contribution >= 4 is 176 Å². The van der Waals surface area contributed by atoms with Gasteiger partial charge in [-0.2, -0.15) is 0 Å². The molecule has 0 saturated carbocycles. The number of hydrogen-bond donors (Lipinski definition) is 0. The number of fused-ring (bicyclic) bond motifs is 18. The van der Waals surface area contributed by atoms with Crippen LogP contribution in [0.4, 0.5) is 0 Å². The molecule has 0 amide bonds. The van der Waals surface area contributed by atoms with E-state index in [2.05, 4.69) is 97.1 Å². The van der Waals surface area contributed by atoms with Crippen molar-refractivity contribution in [3.05, 3.63) is 141 Å². The molecular weight excluding hydrogens is 718 g/mol. The molecule has 13 rings (SSSR count). The Kier molecular flexibility index (Phi) is 5.19. The molecule has 0 nitrogen and oxygen atoms in total. The van der Waals surface area contributed by atoms with Gasteiger partial charge in [0, 0.05) is 20.1 Å². The topological polar surface area (TPSA) is 0 Å². The van der Waals surface area contributed by atoms with Gasteiger partial charge in [-0.25, -0.2) is 0 Å². The maximum atomic E-state index is 6.93. The summed E-state index contributed by atoms with van der Waals surface area (Å²) in [5, 5.41) is 32.0. The molecular formula is C48H20Cl4. The van der Waals surface area contributed by atoms with Crippen LogP contribution in [0.1, 0.15) is 0 Å². The zero-order chi connectivity index (χ0) is 34.3. The molecule has 0 radical (unpaired) electrons. The molecule has 52 heavy (non-hydrogen) atoms. The Hall–Kier alpha value is -5.08. The van der Waals surface area contributed by atoms with Crippen molar-refractivity contribution < 1.29 is 0 Å². The van der Waals surface area contributed by atoms with Crippen LogP contribution in [0.15, 0.2) is 121 Å². The molecule has 0 aliphatic rings. The van der Waals surface area contributed by atoms with E-state index in [-0.39, 0.29) is 0 Å². The molecule has 0 unspecified atom stereocenters. The van der Waals surface area contributed by atoms with Crippen molar-refractivity contribution in [2.45, 2.75) is 0 Å². The van der Waals surface area contributed by atoms with Crippen molar-refractivity contribution in [2.75, 3.05) is 0 Å². The first-order valence-electron chi connectivity index (χ1n) is 17.4. The summed E-state index contributed by atoms with van der Waals surface area (Å²) in [6.45, 7) is 0. The first-order valence-corrected chi connectivity index (χ1v) is 18.9. The average molecular weight is 738 g/mol. The van der Waals surface area contributed by atoms with Crippen LogP contribution in [0, 0.1) is 0 Å². The Morgan fingerprint density at radius 3 is 0.615 bits per heavy atom. The summed E-state index contributed by atoms with van der Waals surface area (Å²) in [5.41, 5.74) is 0. The molecule has 13 aromatic rings. The van der Waals surface area contributed by atoms with Crippen LogP contribution in [-0.2, 0) is 0 Å². The summed E-state index contributed by atoms with van der Waals surface area (Å²) in [5.74, 6) is 0. The Labute approximate surface area is 315 Å². The molecule has 0 fully saturated rings. The number of benzene rings is 13. The highest BCUT2D eigenvalue weighted by Crippen LogP contribution is 2.59. The van der Waals surface area contributed by atoms with Crippen LogP contribution in [0.2, 0.25) is 20.1 Å². The maximum Gasteiger partial charge on any atom is 0.0412 e. The minimum absolute atomic E-state index is 0.717. The Morgan fingerprint density at radius 2 is 0.385 bits per heavy atom. The summed E-state index contributed by atoms with van der Waals surface area (Å²) < 4.78 is 0. The third-order valence-electron chi connectivity index (χ3n) is 12.0. The van der Waals surface area contributed by atoms with Crippen molar-refractivity contribution in [3.8, 4) is 0 Å². The standard InChI is InChI=1S/C48H20Cl4/c49-21-9-13-29-33(17-21)39-25-5-1-2-6-26(25)40-34-18-22(50)10-14-30(34)38-32-16-12-24(52)20-36(32)42-28-8-4-3-7-27(28)41-35-19-23(51)11-15-31(35)37(29)43-45(39)46(40)44(38)48(42)47(41)43/h1-20H. The summed E-state index contributed by atoms with van der Waals surface area (Å²) in [6, 6.07) is 43.4. The van der Waals surface area contributed by atoms with Gasteiger partial charge in [0.1, 0.15) is 0 Å². The van der Waals surface area contributed by atoms with E-state index in [0.717, 1.165) is 41.6 Å². The second kappa shape index (κ2) is 9.47. The Morgan fingerprint density at radius 1 is 0.192 bits per heavy atom. The Bertz CT molecular complexity index is 3300. The van der Waals surface area contributed by atoms with Gasteiger partial charge in [-0.15, -0.1) is 0 Å². The fourth-order valence-corrected chi connectivity index (χ4v) is 11.0. The predicted octanol–water partition coefficient (Wildman–Crippen LogP) is 16.5. The van der Waals surface area contributed by atoms with Crippen LogP contribution in [0.25, 0.3) is 129 Å². The summed E-state index contributed by atoms with van der Waals surface area (Å²) in [6.07, 6.45) is 0. The normalized spacial score (nSPS) is 13.0. The Balaban J connectivity index is 1.60. The molecule has 240 valence electrons. The van der Waals surface area contributed by atoms with Gasteiger partial charge in [0.15, 0.2) is 0 Å². The number of hydrogen-bond acceptors (Lipinski definition) is 0. The molecule has 13 aromatic carbocycles. The van der Waals surface area contributed by atoms with Gasteiger partial charge in [0.25, 0.3) is 0 Å². The smallest absolute Gasteiger partial charge is 0.0412 e. The fourth-order valence-electron chi connectivity index (χ4n) is 10.3. The minimum Gasteiger partial charge on any atom is -0.0843 e. The first kappa shape index (κ1) is 28.5. The van der Waals surface area contributed by atoms with Gasteiger partial charge in [0.2, 0.25) is 0 Å². The van der Waals surface area contributed by atoms with Crippen LogP contribution >= 0.6 is 46.4 Å². The van der Waals surface area contributed by atoms with Crippen molar-refractivity contribution in [1.82, 2.24) is 0 Å². The van der Waals surface area contributed by atoms with E-state index in [4.69, 9.17) is 46.4 Å². The monoisotopic (exact) mass is 736 g/mol. The SMILES string of the molecule is Clc1ccc2c(c1)c1c3ccccc3c3c4cc(Cl)ccc4c4c5ccc(Cl)cc5c5c6ccccc6c6c7cc(Cl)ccc7c2c2c1c3c4c5c62. The lowest BCUT2D eigenvalue weighted by atomic mass is 9.74. The molecule has 0 atom stereocenters. The molecule has 0 bridgehead atoms. The van der Waals surface area contributed by atoms with E-state index >= 15 is 0 Å². The number of halogens is 4. The second-order valence-corrected chi connectivity index (χ2v) is 16.1. The van der Waals surface area contributed by atoms with Gasteiger partial charge < -0.3 is 0 Å². The van der Waals surface area contributed by atoms with Crippen molar-refractivity contribution in [3.63, 3.8) is 0 Å². The highest BCUT2D eigenvalue weighted by atomic mass is 35.5. The van der Waals surface area contributed by atoms with E-state index in [1.54, 1.807) is 0 Å². The molecule has 0 saturated heterocycles. The zero-order valence-electron chi connectivity index (χ0n) is 27.1. The molecule has 0 spiro atoms.